The Kier molecular flexibility index (Phi) is 4.57. The van der Waals surface area contributed by atoms with Crippen molar-refractivity contribution in [2.45, 2.75) is 26.4 Å². The predicted molar refractivity (Wildman–Crippen MR) is 78.8 cm³/mol. The molecule has 0 aliphatic carbocycles. The number of nitrogens with zero attached hydrogens (tertiary/aromatic N) is 3. The molecule has 0 unspecified atom stereocenters. The maximum absolute atomic E-state index is 12.0. The summed E-state index contributed by atoms with van der Waals surface area (Å²) in [5.41, 5.74) is 0.633. The highest BCUT2D eigenvalue weighted by Gasteiger charge is 2.09. The molecule has 2 aromatic rings. The van der Waals surface area contributed by atoms with Crippen LogP contribution in [0.4, 0.5) is 5.69 Å². The van der Waals surface area contributed by atoms with Gasteiger partial charge in [0.05, 0.1) is 11.3 Å². The molecule has 21 heavy (non-hydrogen) atoms. The van der Waals surface area contributed by atoms with Crippen LogP contribution < -0.4 is 11.0 Å². The largest absolute Gasteiger partial charge is 0.328 e. The Balaban J connectivity index is 2.09. The average Bonchev–Trinajstić information content (AvgIpc) is 2.81. The summed E-state index contributed by atoms with van der Waals surface area (Å²) < 4.78 is 2.91. The van der Waals surface area contributed by atoms with E-state index in [4.69, 9.17) is 5.26 Å². The molecule has 6 heteroatoms. The van der Waals surface area contributed by atoms with Gasteiger partial charge in [0.25, 0.3) is 0 Å². The molecule has 0 bridgehead atoms. The van der Waals surface area contributed by atoms with Crippen molar-refractivity contribution in [2.24, 2.45) is 0 Å². The lowest BCUT2D eigenvalue weighted by Gasteiger charge is -2.06. The maximum atomic E-state index is 12.0. The van der Waals surface area contributed by atoms with Crippen LogP contribution in [0.1, 0.15) is 18.9 Å². The van der Waals surface area contributed by atoms with Crippen LogP contribution in [0.25, 0.3) is 0 Å². The van der Waals surface area contributed by atoms with E-state index in [9.17, 15) is 9.59 Å². The number of para-hydroxylation sites is 1. The number of nitriles is 1. The second kappa shape index (κ2) is 6.57. The molecule has 0 aliphatic rings. The molecule has 6 nitrogen and oxygen atoms in total. The zero-order valence-corrected chi connectivity index (χ0v) is 11.7. The van der Waals surface area contributed by atoms with Gasteiger partial charge in [-0.25, -0.2) is 4.79 Å². The molecular weight excluding hydrogens is 268 g/mol. The molecular formula is C15H16N4O2. The topological polar surface area (TPSA) is 79.8 Å². The summed E-state index contributed by atoms with van der Waals surface area (Å²) >= 11 is 0. The van der Waals surface area contributed by atoms with Crippen molar-refractivity contribution in [3.05, 3.63) is 52.7 Å². The van der Waals surface area contributed by atoms with Gasteiger partial charge in [-0.3, -0.25) is 13.9 Å². The lowest BCUT2D eigenvalue weighted by atomic mass is 10.2. The average molecular weight is 284 g/mol. The lowest BCUT2D eigenvalue weighted by molar-refractivity contribution is -0.116. The molecule has 2 rings (SSSR count). The van der Waals surface area contributed by atoms with Crippen LogP contribution in [-0.2, 0) is 17.9 Å². The van der Waals surface area contributed by atoms with Gasteiger partial charge >= 0.3 is 5.69 Å². The number of anilines is 1. The lowest BCUT2D eigenvalue weighted by Crippen LogP contribution is -2.29. The van der Waals surface area contributed by atoms with Crippen molar-refractivity contribution >= 4 is 11.6 Å². The van der Waals surface area contributed by atoms with Gasteiger partial charge in [-0.15, -0.1) is 0 Å². The Hall–Kier alpha value is -2.81. The zero-order valence-electron chi connectivity index (χ0n) is 11.7. The van der Waals surface area contributed by atoms with Crippen molar-refractivity contribution < 1.29 is 4.79 Å². The molecule has 108 valence electrons. The normalized spacial score (nSPS) is 10.1. The van der Waals surface area contributed by atoms with Crippen molar-refractivity contribution in [1.29, 1.82) is 5.26 Å². The highest BCUT2D eigenvalue weighted by Crippen LogP contribution is 2.13. The van der Waals surface area contributed by atoms with Gasteiger partial charge in [0.2, 0.25) is 5.91 Å². The van der Waals surface area contributed by atoms with Gasteiger partial charge in [0, 0.05) is 18.9 Å². The first kappa shape index (κ1) is 14.6. The second-order valence-electron chi connectivity index (χ2n) is 4.61. The van der Waals surface area contributed by atoms with Gasteiger partial charge < -0.3 is 5.32 Å². The number of nitrogens with one attached hydrogen (secondary N) is 1. The van der Waals surface area contributed by atoms with Crippen molar-refractivity contribution in [3.63, 3.8) is 0 Å². The minimum atomic E-state index is -0.339. The molecule has 0 spiro atoms. The standard InChI is InChI=1S/C15H16N4O2/c1-2-7-18-8-9-19(15(18)21)11-14(20)17-13-6-4-3-5-12(13)10-16/h3-6,8-9H,2,7,11H2,1H3,(H,17,20). The Morgan fingerprint density at radius 1 is 1.29 bits per heavy atom. The molecule has 1 aromatic heterocycles. The number of carbonyl (C=O) groups is 1. The van der Waals surface area contributed by atoms with Crippen molar-refractivity contribution in [3.8, 4) is 6.07 Å². The number of benzene rings is 1. The van der Waals surface area contributed by atoms with Crippen molar-refractivity contribution in [2.75, 3.05) is 5.32 Å². The van der Waals surface area contributed by atoms with Gasteiger partial charge in [-0.05, 0) is 18.6 Å². The summed E-state index contributed by atoms with van der Waals surface area (Å²) in [5.74, 6) is -0.339. The number of hydrogen-bond donors (Lipinski definition) is 1. The summed E-state index contributed by atoms with van der Waals surface area (Å²) in [6, 6.07) is 8.75. The van der Waals surface area contributed by atoms with Crippen LogP contribution in [0, 0.1) is 11.3 Å². The third-order valence-electron chi connectivity index (χ3n) is 3.02. The Bertz CT molecular complexity index is 737. The fourth-order valence-electron chi connectivity index (χ4n) is 2.02. The predicted octanol–water partition coefficient (Wildman–Crippen LogP) is 1.57. The molecule has 1 heterocycles. The van der Waals surface area contributed by atoms with E-state index < -0.39 is 0 Å². The molecule has 0 saturated carbocycles. The number of carbonyl (C=O) groups excluding carboxylic acids is 1. The fourth-order valence-corrected chi connectivity index (χ4v) is 2.02. The second-order valence-corrected chi connectivity index (χ2v) is 4.61. The molecule has 0 atom stereocenters. The molecule has 0 radical (unpaired) electrons. The van der Waals surface area contributed by atoms with Crippen LogP contribution >= 0.6 is 0 Å². The van der Waals surface area contributed by atoms with Crippen LogP contribution in [0.2, 0.25) is 0 Å². The number of aromatic nitrogens is 2. The summed E-state index contributed by atoms with van der Waals surface area (Å²) in [4.78, 5) is 23.9. The van der Waals surface area contributed by atoms with E-state index in [2.05, 4.69) is 5.32 Å². The number of rotatable bonds is 5. The SMILES string of the molecule is CCCn1ccn(CC(=O)Nc2ccccc2C#N)c1=O. The van der Waals surface area contributed by atoms with Crippen LogP contribution in [0.15, 0.2) is 41.5 Å². The fraction of sp³-hybridized carbons (Fsp3) is 0.267. The first-order valence-electron chi connectivity index (χ1n) is 6.70. The Morgan fingerprint density at radius 3 is 2.71 bits per heavy atom. The van der Waals surface area contributed by atoms with E-state index in [0.29, 0.717) is 17.8 Å². The summed E-state index contributed by atoms with van der Waals surface area (Å²) in [7, 11) is 0. The maximum Gasteiger partial charge on any atom is 0.328 e. The number of imidazole rings is 1. The summed E-state index contributed by atoms with van der Waals surface area (Å²) in [6.07, 6.45) is 4.11. The van der Waals surface area contributed by atoms with Crippen LogP contribution in [0.5, 0.6) is 0 Å². The molecule has 1 N–H and O–H groups in total. The quantitative estimate of drug-likeness (QED) is 0.905. The van der Waals surface area contributed by atoms with Gasteiger partial charge in [0.15, 0.2) is 0 Å². The number of amides is 1. The van der Waals surface area contributed by atoms with E-state index in [-0.39, 0.29) is 18.1 Å². The van der Waals surface area contributed by atoms with Crippen LogP contribution in [0.3, 0.4) is 0 Å². The molecule has 0 fully saturated rings. The number of aryl methyl sites for hydroxylation is 1. The Morgan fingerprint density at radius 2 is 2.00 bits per heavy atom. The van der Waals surface area contributed by atoms with E-state index in [1.54, 1.807) is 41.2 Å². The van der Waals surface area contributed by atoms with E-state index in [1.165, 1.54) is 4.57 Å². The first-order valence-corrected chi connectivity index (χ1v) is 6.70. The molecule has 1 aromatic carbocycles. The third-order valence-corrected chi connectivity index (χ3v) is 3.02. The minimum absolute atomic E-state index is 0.0741. The number of hydrogen-bond acceptors (Lipinski definition) is 3. The molecule has 1 amide bonds. The summed E-state index contributed by atoms with van der Waals surface area (Å²) in [6.45, 7) is 2.54. The smallest absolute Gasteiger partial charge is 0.323 e. The summed E-state index contributed by atoms with van der Waals surface area (Å²) in [5, 5.41) is 11.6. The third kappa shape index (κ3) is 3.39. The molecule has 0 aliphatic heterocycles. The highest BCUT2D eigenvalue weighted by molar-refractivity contribution is 5.91. The van der Waals surface area contributed by atoms with Gasteiger partial charge in [0.1, 0.15) is 12.6 Å². The van der Waals surface area contributed by atoms with Gasteiger partial charge in [-0.1, -0.05) is 19.1 Å². The van der Waals surface area contributed by atoms with Crippen molar-refractivity contribution in [1.82, 2.24) is 9.13 Å². The van der Waals surface area contributed by atoms with Gasteiger partial charge in [-0.2, -0.15) is 5.26 Å². The zero-order chi connectivity index (χ0) is 15.2. The first-order chi connectivity index (χ1) is 10.2. The van der Waals surface area contributed by atoms with E-state index in [1.807, 2.05) is 13.0 Å². The highest BCUT2D eigenvalue weighted by atomic mass is 16.2. The monoisotopic (exact) mass is 284 g/mol. The minimum Gasteiger partial charge on any atom is -0.323 e. The van der Waals surface area contributed by atoms with E-state index in [0.717, 1.165) is 6.42 Å². The Labute approximate surface area is 122 Å². The van der Waals surface area contributed by atoms with Crippen LogP contribution in [-0.4, -0.2) is 15.0 Å². The molecule has 0 saturated heterocycles. The van der Waals surface area contributed by atoms with E-state index >= 15 is 0 Å².